The van der Waals surface area contributed by atoms with Crippen molar-refractivity contribution in [3.05, 3.63) is 59.4 Å². The molecule has 3 aliphatic heterocycles. The van der Waals surface area contributed by atoms with Crippen LogP contribution < -0.4 is 5.32 Å². The topological polar surface area (TPSA) is 65.4 Å². The van der Waals surface area contributed by atoms with Crippen LogP contribution >= 0.6 is 0 Å². The van der Waals surface area contributed by atoms with Crippen LogP contribution in [0.5, 0.6) is 0 Å². The number of nitrogens with zero attached hydrogens (tertiary/aromatic N) is 5. The molecular formula is C36H51FN6O2. The van der Waals surface area contributed by atoms with Gasteiger partial charge in [-0.3, -0.25) is 9.69 Å². The first-order valence-electron chi connectivity index (χ1n) is 17.0. The van der Waals surface area contributed by atoms with Gasteiger partial charge in [-0.15, -0.1) is 0 Å². The van der Waals surface area contributed by atoms with Crippen LogP contribution in [0.25, 0.3) is 16.6 Å². The molecule has 5 heterocycles. The van der Waals surface area contributed by atoms with Gasteiger partial charge >= 0.3 is 0 Å². The highest BCUT2D eigenvalue weighted by Crippen LogP contribution is 2.37. The highest BCUT2D eigenvalue weighted by Gasteiger charge is 2.42. The van der Waals surface area contributed by atoms with Crippen molar-refractivity contribution in [1.29, 1.82) is 0 Å². The number of amides is 1. The molecule has 8 nitrogen and oxygen atoms in total. The number of benzene rings is 1. The van der Waals surface area contributed by atoms with Crippen molar-refractivity contribution < 1.29 is 13.9 Å². The average molecular weight is 619 g/mol. The van der Waals surface area contributed by atoms with Crippen LogP contribution in [0.1, 0.15) is 75.1 Å². The molecule has 0 aliphatic carbocycles. The monoisotopic (exact) mass is 618 g/mol. The number of carbonyl (C=O) groups excluding carboxylic acids is 1. The molecule has 45 heavy (non-hydrogen) atoms. The minimum atomic E-state index is -0.401. The number of hydrogen-bond donors (Lipinski definition) is 1. The Morgan fingerprint density at radius 3 is 2.62 bits per heavy atom. The van der Waals surface area contributed by atoms with Gasteiger partial charge in [0.1, 0.15) is 11.6 Å². The number of aromatic nitrogens is 2. The molecule has 0 bridgehead atoms. The SMILES string of the molecule is CCN(C(=O)c1cc(F)ccc1-c1cc(C2CN([C@H](CCCN3CCNC4(COC4)C3)C(C)C)C2)cn2c(C)ncc12)C(C)C. The summed E-state index contributed by atoms with van der Waals surface area (Å²) in [4.78, 5) is 25.4. The van der Waals surface area contributed by atoms with Crippen molar-refractivity contribution in [2.24, 2.45) is 5.92 Å². The lowest BCUT2D eigenvalue weighted by Crippen LogP contribution is -2.70. The molecule has 3 fully saturated rings. The smallest absolute Gasteiger partial charge is 0.254 e. The van der Waals surface area contributed by atoms with Gasteiger partial charge in [0, 0.05) is 69.0 Å². The van der Waals surface area contributed by atoms with E-state index >= 15 is 0 Å². The molecule has 1 spiro atoms. The van der Waals surface area contributed by atoms with Crippen LogP contribution in [-0.2, 0) is 4.74 Å². The highest BCUT2D eigenvalue weighted by atomic mass is 19.1. The Balaban J connectivity index is 1.20. The Kier molecular flexibility index (Phi) is 9.35. The summed E-state index contributed by atoms with van der Waals surface area (Å²) < 4.78 is 22.3. The number of aryl methyl sites for hydroxylation is 1. The second kappa shape index (κ2) is 13.1. The van der Waals surface area contributed by atoms with Crippen molar-refractivity contribution in [3.63, 3.8) is 0 Å². The highest BCUT2D eigenvalue weighted by molar-refractivity contribution is 6.03. The number of piperazine rings is 1. The maximum Gasteiger partial charge on any atom is 0.254 e. The lowest BCUT2D eigenvalue weighted by molar-refractivity contribution is -0.100. The van der Waals surface area contributed by atoms with Crippen LogP contribution in [0.2, 0.25) is 0 Å². The van der Waals surface area contributed by atoms with Gasteiger partial charge in [0.15, 0.2) is 0 Å². The summed E-state index contributed by atoms with van der Waals surface area (Å²) in [5.74, 6) is 1.34. The molecule has 6 rings (SSSR count). The second-order valence-electron chi connectivity index (χ2n) is 14.2. The van der Waals surface area contributed by atoms with Crippen LogP contribution in [0, 0.1) is 18.7 Å². The summed E-state index contributed by atoms with van der Waals surface area (Å²) in [5.41, 5.74) is 4.46. The van der Waals surface area contributed by atoms with Crippen molar-refractivity contribution in [2.75, 3.05) is 59.0 Å². The predicted octanol–water partition coefficient (Wildman–Crippen LogP) is 5.20. The van der Waals surface area contributed by atoms with E-state index in [0.29, 0.717) is 30.0 Å². The maximum atomic E-state index is 14.6. The number of fused-ring (bicyclic) bond motifs is 1. The van der Waals surface area contributed by atoms with Gasteiger partial charge in [-0.25, -0.2) is 9.37 Å². The number of likely N-dealkylation sites (tertiary alicyclic amines) is 1. The van der Waals surface area contributed by atoms with Gasteiger partial charge in [0.2, 0.25) is 0 Å². The first-order chi connectivity index (χ1) is 21.6. The third kappa shape index (κ3) is 6.42. The van der Waals surface area contributed by atoms with E-state index in [9.17, 15) is 9.18 Å². The number of ether oxygens (including phenoxy) is 1. The Hall–Kier alpha value is -2.85. The molecule has 0 unspecified atom stereocenters. The van der Waals surface area contributed by atoms with Gasteiger partial charge in [-0.2, -0.15) is 0 Å². The molecule has 3 aromatic rings. The molecule has 0 radical (unpaired) electrons. The van der Waals surface area contributed by atoms with Gasteiger partial charge in [0.25, 0.3) is 5.91 Å². The quantitative estimate of drug-likeness (QED) is 0.319. The molecule has 1 atom stereocenters. The van der Waals surface area contributed by atoms with Gasteiger partial charge < -0.3 is 24.3 Å². The molecule has 1 aromatic carbocycles. The summed E-state index contributed by atoms with van der Waals surface area (Å²) >= 11 is 0. The van der Waals surface area contributed by atoms with E-state index in [1.807, 2.05) is 33.9 Å². The lowest BCUT2D eigenvalue weighted by Gasteiger charge is -2.49. The van der Waals surface area contributed by atoms with Gasteiger partial charge in [-0.1, -0.05) is 19.9 Å². The molecule has 1 amide bonds. The maximum absolute atomic E-state index is 14.6. The zero-order valence-electron chi connectivity index (χ0n) is 28.0. The number of pyridine rings is 1. The largest absolute Gasteiger partial charge is 0.377 e. The molecular weight excluding hydrogens is 567 g/mol. The van der Waals surface area contributed by atoms with Gasteiger partial charge in [0.05, 0.1) is 36.0 Å². The fourth-order valence-electron chi connectivity index (χ4n) is 7.74. The number of imidazole rings is 1. The number of carbonyl (C=O) groups is 1. The molecule has 1 N–H and O–H groups in total. The normalized spacial score (nSPS) is 19.8. The zero-order chi connectivity index (χ0) is 31.9. The lowest BCUT2D eigenvalue weighted by atomic mass is 9.85. The summed E-state index contributed by atoms with van der Waals surface area (Å²) in [6.07, 6.45) is 6.49. The van der Waals surface area contributed by atoms with E-state index in [-0.39, 0.29) is 17.5 Å². The second-order valence-corrected chi connectivity index (χ2v) is 14.2. The van der Waals surface area contributed by atoms with Gasteiger partial charge in [-0.05, 0) is 82.3 Å². The van der Waals surface area contributed by atoms with E-state index in [1.54, 1.807) is 11.0 Å². The van der Waals surface area contributed by atoms with Crippen LogP contribution in [0.15, 0.2) is 36.7 Å². The summed E-state index contributed by atoms with van der Waals surface area (Å²) in [6, 6.07) is 7.42. The summed E-state index contributed by atoms with van der Waals surface area (Å²) in [5, 5.41) is 3.67. The van der Waals surface area contributed by atoms with Crippen molar-refractivity contribution in [2.45, 2.75) is 77.9 Å². The van der Waals surface area contributed by atoms with E-state index in [1.165, 1.54) is 30.5 Å². The number of rotatable bonds is 11. The van der Waals surface area contributed by atoms with Crippen LogP contribution in [0.3, 0.4) is 0 Å². The standard InChI is InChI=1S/C36H51FN6O2/c1-7-42(25(4)5)35(44)32-16-29(37)10-11-30(32)31-15-27(20-43-26(6)38-17-34(31)43)28-18-41(19-28)33(24(2)3)9-8-13-40-14-12-39-36(21-40)22-45-23-36/h10-11,15-17,20,24-25,28,33,39H,7-9,12-14,18-19,21-23H2,1-6H3/t33-/m1/s1. The third-order valence-corrected chi connectivity index (χ3v) is 10.4. The van der Waals surface area contributed by atoms with E-state index in [0.717, 1.165) is 75.0 Å². The molecule has 9 heteroatoms. The number of halogens is 1. The van der Waals surface area contributed by atoms with Crippen LogP contribution in [0.4, 0.5) is 4.39 Å². The molecule has 3 aliphatic rings. The minimum Gasteiger partial charge on any atom is -0.377 e. The Labute approximate surface area is 267 Å². The van der Waals surface area contributed by atoms with E-state index in [2.05, 4.69) is 50.6 Å². The number of nitrogens with one attached hydrogen (secondary N) is 1. The number of hydrogen-bond acceptors (Lipinski definition) is 6. The van der Waals surface area contributed by atoms with Crippen LogP contribution in [-0.4, -0.2) is 107 Å². The summed E-state index contributed by atoms with van der Waals surface area (Å²) in [6.45, 7) is 21.4. The molecule has 0 saturated carbocycles. The van der Waals surface area contributed by atoms with Crippen molar-refractivity contribution in [1.82, 2.24) is 29.4 Å². The van der Waals surface area contributed by atoms with E-state index < -0.39 is 5.82 Å². The first kappa shape index (κ1) is 32.1. The predicted molar refractivity (Wildman–Crippen MR) is 177 cm³/mol. The molecule has 244 valence electrons. The molecule has 2 aromatic heterocycles. The Bertz CT molecular complexity index is 1510. The third-order valence-electron chi connectivity index (χ3n) is 10.4. The molecule has 3 saturated heterocycles. The van der Waals surface area contributed by atoms with Crippen molar-refractivity contribution >= 4 is 11.4 Å². The Morgan fingerprint density at radius 2 is 1.96 bits per heavy atom. The average Bonchev–Trinajstić information content (AvgIpc) is 3.35. The fourth-order valence-corrected chi connectivity index (χ4v) is 7.74. The minimum absolute atomic E-state index is 0.0166. The van der Waals surface area contributed by atoms with Crippen molar-refractivity contribution in [3.8, 4) is 11.1 Å². The first-order valence-corrected chi connectivity index (χ1v) is 17.0. The summed E-state index contributed by atoms with van der Waals surface area (Å²) in [7, 11) is 0. The fraction of sp³-hybridized carbons (Fsp3) is 0.611. The van der Waals surface area contributed by atoms with E-state index in [4.69, 9.17) is 4.74 Å². The zero-order valence-corrected chi connectivity index (χ0v) is 28.0. The Morgan fingerprint density at radius 1 is 1.18 bits per heavy atom.